The Morgan fingerprint density at radius 2 is 1.38 bits per heavy atom. The number of carbonyl (C=O) groups is 3. The van der Waals surface area contributed by atoms with Gasteiger partial charge in [-0.1, -0.05) is 22.0 Å². The summed E-state index contributed by atoms with van der Waals surface area (Å²) in [6.45, 7) is 3.27. The van der Waals surface area contributed by atoms with E-state index in [-0.39, 0.29) is 5.91 Å². The van der Waals surface area contributed by atoms with Crippen molar-refractivity contribution in [2.45, 2.75) is 13.8 Å². The molecule has 24 heavy (non-hydrogen) atoms. The highest BCUT2D eigenvalue weighted by Gasteiger charge is 2.14. The normalized spacial score (nSPS) is 9.96. The van der Waals surface area contributed by atoms with Gasteiger partial charge >= 0.3 is 11.8 Å². The molecule has 2 rings (SSSR count). The number of hydrogen-bond acceptors (Lipinski definition) is 3. The molecule has 2 aromatic carbocycles. The molecule has 0 unspecified atom stereocenters. The standard InChI is InChI=1S/C17H16BrN3O3/c1-10-8-14(6-7-15(10)18)21-17(24)16(23)20-13-5-3-4-12(9-13)19-11(2)22/h3-9H,1-2H3,(H,19,22)(H,20,23)(H,21,24). The van der Waals surface area contributed by atoms with Gasteiger partial charge < -0.3 is 16.0 Å². The third-order valence-corrected chi connectivity index (χ3v) is 3.95. The molecule has 0 spiro atoms. The number of benzene rings is 2. The number of amides is 3. The molecule has 0 aliphatic carbocycles. The number of nitrogens with one attached hydrogen (secondary N) is 3. The van der Waals surface area contributed by atoms with Gasteiger partial charge in [0, 0.05) is 28.5 Å². The predicted octanol–water partition coefficient (Wildman–Crippen LogP) is 3.29. The van der Waals surface area contributed by atoms with Crippen molar-refractivity contribution in [3.63, 3.8) is 0 Å². The Kier molecular flexibility index (Phi) is 5.70. The molecule has 0 radical (unpaired) electrons. The van der Waals surface area contributed by atoms with Gasteiger partial charge in [0.15, 0.2) is 0 Å². The van der Waals surface area contributed by atoms with Gasteiger partial charge in [-0.2, -0.15) is 0 Å². The van der Waals surface area contributed by atoms with E-state index in [1.54, 1.807) is 42.5 Å². The summed E-state index contributed by atoms with van der Waals surface area (Å²) in [5.41, 5.74) is 2.41. The van der Waals surface area contributed by atoms with Crippen LogP contribution in [0.25, 0.3) is 0 Å². The maximum atomic E-state index is 12.0. The number of halogens is 1. The highest BCUT2D eigenvalue weighted by Crippen LogP contribution is 2.20. The Bertz CT molecular complexity index is 805. The third-order valence-electron chi connectivity index (χ3n) is 3.06. The minimum absolute atomic E-state index is 0.221. The maximum absolute atomic E-state index is 12.0. The first-order valence-electron chi connectivity index (χ1n) is 7.11. The molecule has 0 aliphatic heterocycles. The van der Waals surface area contributed by atoms with Crippen molar-refractivity contribution in [1.82, 2.24) is 0 Å². The van der Waals surface area contributed by atoms with E-state index in [2.05, 4.69) is 31.9 Å². The van der Waals surface area contributed by atoms with Gasteiger partial charge in [-0.05, 0) is 48.9 Å². The molecule has 7 heteroatoms. The minimum Gasteiger partial charge on any atom is -0.326 e. The van der Waals surface area contributed by atoms with Crippen molar-refractivity contribution in [2.24, 2.45) is 0 Å². The molecular formula is C17H16BrN3O3. The minimum atomic E-state index is -0.796. The number of anilines is 3. The molecule has 0 aliphatic rings. The summed E-state index contributed by atoms with van der Waals surface area (Å²) in [6, 6.07) is 11.8. The van der Waals surface area contributed by atoms with Gasteiger partial charge in [0.25, 0.3) is 0 Å². The lowest BCUT2D eigenvalue weighted by Crippen LogP contribution is -2.29. The summed E-state index contributed by atoms with van der Waals surface area (Å²) in [5.74, 6) is -1.79. The lowest BCUT2D eigenvalue weighted by atomic mass is 10.2. The van der Waals surface area contributed by atoms with Crippen molar-refractivity contribution in [3.8, 4) is 0 Å². The van der Waals surface area contributed by atoms with E-state index >= 15 is 0 Å². The quantitative estimate of drug-likeness (QED) is 0.703. The second kappa shape index (κ2) is 7.74. The van der Waals surface area contributed by atoms with Crippen LogP contribution in [0.3, 0.4) is 0 Å². The van der Waals surface area contributed by atoms with E-state index in [1.165, 1.54) is 6.92 Å². The number of rotatable bonds is 3. The summed E-state index contributed by atoms with van der Waals surface area (Å²) < 4.78 is 0.916. The Hall–Kier alpha value is -2.67. The van der Waals surface area contributed by atoms with Crippen LogP contribution in [0.15, 0.2) is 46.9 Å². The summed E-state index contributed by atoms with van der Waals surface area (Å²) in [4.78, 5) is 35.0. The zero-order valence-electron chi connectivity index (χ0n) is 13.1. The Labute approximate surface area is 147 Å². The molecule has 0 atom stereocenters. The Morgan fingerprint density at radius 1 is 0.833 bits per heavy atom. The molecule has 0 bridgehead atoms. The molecule has 0 heterocycles. The van der Waals surface area contributed by atoms with E-state index in [0.717, 1.165) is 10.0 Å². The fourth-order valence-electron chi connectivity index (χ4n) is 1.98. The smallest absolute Gasteiger partial charge is 0.314 e. The molecule has 0 fully saturated rings. The van der Waals surface area contributed by atoms with E-state index in [4.69, 9.17) is 0 Å². The van der Waals surface area contributed by atoms with Gasteiger partial charge in [0.05, 0.1) is 0 Å². The van der Waals surface area contributed by atoms with E-state index in [0.29, 0.717) is 17.1 Å². The summed E-state index contributed by atoms with van der Waals surface area (Å²) >= 11 is 3.37. The average Bonchev–Trinajstić information content (AvgIpc) is 2.50. The number of aryl methyl sites for hydroxylation is 1. The first kappa shape index (κ1) is 17.7. The van der Waals surface area contributed by atoms with Crippen LogP contribution in [-0.4, -0.2) is 17.7 Å². The van der Waals surface area contributed by atoms with Crippen LogP contribution in [0.5, 0.6) is 0 Å². The van der Waals surface area contributed by atoms with Crippen LogP contribution in [0.4, 0.5) is 17.1 Å². The molecular weight excluding hydrogens is 374 g/mol. The molecule has 124 valence electrons. The molecule has 3 N–H and O–H groups in total. The van der Waals surface area contributed by atoms with Crippen molar-refractivity contribution in [3.05, 3.63) is 52.5 Å². The Balaban J connectivity index is 2.02. The van der Waals surface area contributed by atoms with Crippen molar-refractivity contribution in [2.75, 3.05) is 16.0 Å². The van der Waals surface area contributed by atoms with Crippen molar-refractivity contribution >= 4 is 50.7 Å². The first-order chi connectivity index (χ1) is 11.3. The van der Waals surface area contributed by atoms with Crippen LogP contribution in [0.1, 0.15) is 12.5 Å². The second-order valence-electron chi connectivity index (χ2n) is 5.13. The highest BCUT2D eigenvalue weighted by molar-refractivity contribution is 9.10. The van der Waals surface area contributed by atoms with Crippen LogP contribution in [-0.2, 0) is 14.4 Å². The maximum Gasteiger partial charge on any atom is 0.314 e. The first-order valence-corrected chi connectivity index (χ1v) is 7.90. The van der Waals surface area contributed by atoms with Gasteiger partial charge in [-0.25, -0.2) is 0 Å². The van der Waals surface area contributed by atoms with Crippen LogP contribution >= 0.6 is 15.9 Å². The van der Waals surface area contributed by atoms with E-state index in [1.807, 2.05) is 6.92 Å². The van der Waals surface area contributed by atoms with E-state index in [9.17, 15) is 14.4 Å². The van der Waals surface area contributed by atoms with Crippen molar-refractivity contribution < 1.29 is 14.4 Å². The molecule has 0 saturated heterocycles. The van der Waals surface area contributed by atoms with Gasteiger partial charge in [0.1, 0.15) is 0 Å². The lowest BCUT2D eigenvalue weighted by molar-refractivity contribution is -0.132. The second-order valence-corrected chi connectivity index (χ2v) is 5.99. The van der Waals surface area contributed by atoms with Crippen LogP contribution in [0, 0.1) is 6.92 Å². The van der Waals surface area contributed by atoms with Gasteiger partial charge in [-0.3, -0.25) is 14.4 Å². The van der Waals surface area contributed by atoms with Gasteiger partial charge in [0.2, 0.25) is 5.91 Å². The molecule has 2 aromatic rings. The third kappa shape index (κ3) is 4.92. The largest absolute Gasteiger partial charge is 0.326 e. The fourth-order valence-corrected chi connectivity index (χ4v) is 2.22. The van der Waals surface area contributed by atoms with Crippen LogP contribution < -0.4 is 16.0 Å². The lowest BCUT2D eigenvalue weighted by Gasteiger charge is -2.09. The summed E-state index contributed by atoms with van der Waals surface area (Å²) in [5, 5.41) is 7.63. The SMILES string of the molecule is CC(=O)Nc1cccc(NC(=O)C(=O)Nc2ccc(Br)c(C)c2)c1. The van der Waals surface area contributed by atoms with Crippen molar-refractivity contribution in [1.29, 1.82) is 0 Å². The highest BCUT2D eigenvalue weighted by atomic mass is 79.9. The molecule has 0 aromatic heterocycles. The molecule has 6 nitrogen and oxygen atoms in total. The van der Waals surface area contributed by atoms with E-state index < -0.39 is 11.8 Å². The van der Waals surface area contributed by atoms with Crippen LogP contribution in [0.2, 0.25) is 0 Å². The number of hydrogen-bond donors (Lipinski definition) is 3. The average molecular weight is 390 g/mol. The monoisotopic (exact) mass is 389 g/mol. The Morgan fingerprint density at radius 3 is 1.92 bits per heavy atom. The number of carbonyl (C=O) groups excluding carboxylic acids is 3. The fraction of sp³-hybridized carbons (Fsp3) is 0.118. The predicted molar refractivity (Wildman–Crippen MR) is 96.9 cm³/mol. The molecule has 3 amide bonds. The molecule has 0 saturated carbocycles. The zero-order chi connectivity index (χ0) is 17.7. The van der Waals surface area contributed by atoms with Gasteiger partial charge in [-0.15, -0.1) is 0 Å². The summed E-state index contributed by atoms with van der Waals surface area (Å²) in [7, 11) is 0. The zero-order valence-corrected chi connectivity index (χ0v) is 14.7. The summed E-state index contributed by atoms with van der Waals surface area (Å²) in [6.07, 6.45) is 0. The topological polar surface area (TPSA) is 87.3 Å².